The molecule has 6 heteroatoms. The zero-order chi connectivity index (χ0) is 25.4. The second kappa shape index (κ2) is 13.8. The maximum absolute atomic E-state index is 12.2. The van der Waals surface area contributed by atoms with E-state index in [1.165, 1.54) is 69.9 Å². The summed E-state index contributed by atoms with van der Waals surface area (Å²) >= 11 is -2.89. The standard InChI is InChI=1S/C16H23O4Si.3C4H9.Sn/c1-11(10-21(3,4)5)6-7-13-8-14-9-18-16(20-14)15(13)19-12(2)17;3*1-3-4-2;/h6,8,14-16H,1,9-10H2,2-5H3;3*1,3-4H2,2H3;/t14-,15-,16+;;;;/m0..../s1. The van der Waals surface area contributed by atoms with Crippen LogP contribution in [0.5, 0.6) is 0 Å². The van der Waals surface area contributed by atoms with Crippen molar-refractivity contribution >= 4 is 32.4 Å². The molecule has 0 aromatic heterocycles. The first kappa shape index (κ1) is 29.9. The molecule has 0 amide bonds. The number of ether oxygens (including phenoxy) is 3. The fraction of sp³-hybridized carbons (Fsp3) is 0.750. The second-order valence-electron chi connectivity index (χ2n) is 11.6. The second-order valence-corrected chi connectivity index (χ2v) is 30.2. The Hall–Kier alpha value is -0.374. The Labute approximate surface area is 214 Å². The van der Waals surface area contributed by atoms with Crippen molar-refractivity contribution in [3.63, 3.8) is 0 Å². The molecule has 194 valence electrons. The van der Waals surface area contributed by atoms with Gasteiger partial charge in [-0.3, -0.25) is 0 Å². The monoisotopic (exact) mass is 598 g/mol. The Morgan fingerprint density at radius 2 is 1.68 bits per heavy atom. The van der Waals surface area contributed by atoms with E-state index in [1.807, 2.05) is 0 Å². The van der Waals surface area contributed by atoms with E-state index in [1.54, 1.807) is 3.59 Å². The molecule has 0 spiro atoms. The Morgan fingerprint density at radius 1 is 1.12 bits per heavy atom. The fourth-order valence-electron chi connectivity index (χ4n) is 5.47. The SMILES string of the molecule is C=C(/C=[C](\C1=C[C@H]2CO[C@H](O2)[C@H]1OC(C)=O)[Sn]([CH2]CCC)([CH2]CCC)[CH2]CCC)C[Si](C)(C)C. The summed E-state index contributed by atoms with van der Waals surface area (Å²) in [6, 6.07) is 1.10. The van der Waals surface area contributed by atoms with Gasteiger partial charge in [-0.1, -0.05) is 0 Å². The first-order valence-corrected chi connectivity index (χ1v) is 24.8. The van der Waals surface area contributed by atoms with Crippen molar-refractivity contribution in [2.75, 3.05) is 6.61 Å². The Kier molecular flexibility index (Phi) is 12.1. The van der Waals surface area contributed by atoms with E-state index in [0.717, 1.165) is 6.04 Å². The summed E-state index contributed by atoms with van der Waals surface area (Å²) in [6.45, 7) is 20.8. The van der Waals surface area contributed by atoms with E-state index < -0.39 is 38.8 Å². The number of hydrogen-bond donors (Lipinski definition) is 0. The van der Waals surface area contributed by atoms with Gasteiger partial charge < -0.3 is 0 Å². The van der Waals surface area contributed by atoms with Crippen LogP contribution in [0.4, 0.5) is 0 Å². The summed E-state index contributed by atoms with van der Waals surface area (Å²) in [4.78, 5) is 12.2. The van der Waals surface area contributed by atoms with E-state index in [4.69, 9.17) is 14.2 Å². The van der Waals surface area contributed by atoms with E-state index >= 15 is 0 Å². The molecule has 0 aliphatic carbocycles. The van der Waals surface area contributed by atoms with Gasteiger partial charge in [-0.15, -0.1) is 0 Å². The van der Waals surface area contributed by atoms with Crippen LogP contribution in [-0.4, -0.2) is 57.5 Å². The van der Waals surface area contributed by atoms with Crippen LogP contribution in [0.2, 0.25) is 39.0 Å². The van der Waals surface area contributed by atoms with Crippen molar-refractivity contribution in [3.05, 3.63) is 33.5 Å². The molecule has 2 rings (SSSR count). The van der Waals surface area contributed by atoms with Gasteiger partial charge in [-0.25, -0.2) is 0 Å². The third-order valence-corrected chi connectivity index (χ3v) is 24.2. The van der Waals surface area contributed by atoms with Crippen molar-refractivity contribution in [3.8, 4) is 0 Å². The van der Waals surface area contributed by atoms with Gasteiger partial charge in [0.15, 0.2) is 0 Å². The molecule has 2 aliphatic heterocycles. The fourth-order valence-corrected chi connectivity index (χ4v) is 24.1. The summed E-state index contributed by atoms with van der Waals surface area (Å²) in [5, 5.41) is 0. The maximum atomic E-state index is 12.2. The van der Waals surface area contributed by atoms with Gasteiger partial charge in [-0.2, -0.15) is 0 Å². The van der Waals surface area contributed by atoms with Gasteiger partial charge in [-0.05, 0) is 0 Å². The van der Waals surface area contributed by atoms with Crippen molar-refractivity contribution in [2.24, 2.45) is 0 Å². The Morgan fingerprint density at radius 3 is 2.15 bits per heavy atom. The molecule has 0 aromatic carbocycles. The third-order valence-electron chi connectivity index (χ3n) is 6.96. The van der Waals surface area contributed by atoms with Crippen LogP contribution in [0.25, 0.3) is 0 Å². The molecule has 2 bridgehead atoms. The van der Waals surface area contributed by atoms with E-state index in [-0.39, 0.29) is 12.1 Å². The van der Waals surface area contributed by atoms with Gasteiger partial charge in [0, 0.05) is 0 Å². The Balaban J connectivity index is 2.67. The van der Waals surface area contributed by atoms with Crippen LogP contribution in [0, 0.1) is 0 Å². The number of unbranched alkanes of at least 4 members (excludes halogenated alkanes) is 3. The van der Waals surface area contributed by atoms with Gasteiger partial charge in [0.25, 0.3) is 0 Å². The molecule has 0 aromatic rings. The summed E-state index contributed by atoms with van der Waals surface area (Å²) in [7, 11) is -1.30. The molecule has 0 saturated carbocycles. The molecule has 0 unspecified atom stereocenters. The summed E-state index contributed by atoms with van der Waals surface area (Å²) < 4.78 is 23.5. The number of esters is 1. The zero-order valence-electron chi connectivity index (χ0n) is 23.0. The molecule has 1 fully saturated rings. The average molecular weight is 598 g/mol. The molecule has 4 nitrogen and oxygen atoms in total. The molecule has 34 heavy (non-hydrogen) atoms. The Bertz CT molecular complexity index is 730. The summed E-state index contributed by atoms with van der Waals surface area (Å²) in [5.41, 5.74) is 2.45. The van der Waals surface area contributed by atoms with Gasteiger partial charge >= 0.3 is 215 Å². The van der Waals surface area contributed by atoms with Crippen LogP contribution < -0.4 is 0 Å². The van der Waals surface area contributed by atoms with Gasteiger partial charge in [0.2, 0.25) is 0 Å². The molecular formula is C28H50O4SiSn. The topological polar surface area (TPSA) is 44.8 Å². The minimum atomic E-state index is -2.89. The number of rotatable bonds is 15. The van der Waals surface area contributed by atoms with E-state index in [2.05, 4.69) is 59.1 Å². The van der Waals surface area contributed by atoms with Crippen LogP contribution >= 0.6 is 0 Å². The first-order valence-electron chi connectivity index (χ1n) is 13.6. The third kappa shape index (κ3) is 8.63. The van der Waals surface area contributed by atoms with Crippen LogP contribution in [0.3, 0.4) is 0 Å². The van der Waals surface area contributed by atoms with Gasteiger partial charge in [0.1, 0.15) is 0 Å². The predicted molar refractivity (Wildman–Crippen MR) is 149 cm³/mol. The molecule has 0 N–H and O–H groups in total. The normalized spacial score (nSPS) is 23.1. The van der Waals surface area contributed by atoms with Gasteiger partial charge in [0.05, 0.1) is 0 Å². The van der Waals surface area contributed by atoms with E-state index in [9.17, 15) is 4.79 Å². The van der Waals surface area contributed by atoms with Crippen molar-refractivity contribution in [1.82, 2.24) is 0 Å². The summed E-state index contributed by atoms with van der Waals surface area (Å²) in [6.07, 6.45) is 11.2. The predicted octanol–water partition coefficient (Wildman–Crippen LogP) is 7.81. The van der Waals surface area contributed by atoms with E-state index in [0.29, 0.717) is 6.61 Å². The number of hydrogen-bond acceptors (Lipinski definition) is 4. The zero-order valence-corrected chi connectivity index (χ0v) is 26.9. The number of carbonyl (C=O) groups excluding carboxylic acids is 1. The quantitative estimate of drug-likeness (QED) is 0.110. The molecule has 2 aliphatic rings. The van der Waals surface area contributed by atoms with Crippen LogP contribution in [0.15, 0.2) is 33.5 Å². The number of allylic oxidation sites excluding steroid dienone is 2. The number of carbonyl (C=O) groups is 1. The molecule has 3 atom stereocenters. The van der Waals surface area contributed by atoms with Crippen molar-refractivity contribution < 1.29 is 19.0 Å². The number of fused-ring (bicyclic) bond motifs is 2. The molecular weight excluding hydrogens is 547 g/mol. The summed E-state index contributed by atoms with van der Waals surface area (Å²) in [5.74, 6) is -0.273. The molecule has 0 radical (unpaired) electrons. The average Bonchev–Trinajstić information content (AvgIpc) is 3.15. The van der Waals surface area contributed by atoms with Crippen molar-refractivity contribution in [1.29, 1.82) is 0 Å². The van der Waals surface area contributed by atoms with Crippen molar-refractivity contribution in [2.45, 2.75) is 124 Å². The minimum absolute atomic E-state index is 0.0482. The molecule has 2 heterocycles. The molecule has 1 saturated heterocycles. The van der Waals surface area contributed by atoms with Crippen LogP contribution in [0.1, 0.15) is 66.2 Å². The van der Waals surface area contributed by atoms with Crippen LogP contribution in [-0.2, 0) is 19.0 Å². The first-order chi connectivity index (χ1) is 16.0.